The van der Waals surface area contributed by atoms with Gasteiger partial charge in [-0.3, -0.25) is 4.21 Å². The average Bonchev–Trinajstić information content (AvgIpc) is 3.09. The Morgan fingerprint density at radius 3 is 3.00 bits per heavy atom. The maximum absolute atomic E-state index is 11.5. The maximum atomic E-state index is 11.5. The summed E-state index contributed by atoms with van der Waals surface area (Å²) in [5.74, 6) is 0.652. The minimum atomic E-state index is -1.11. The number of aromatic nitrogens is 4. The third-order valence-corrected chi connectivity index (χ3v) is 5.33. The molecule has 1 aliphatic rings. The standard InChI is InChI=1S/C12H16N4OS2/c1-19(17)12-15-13-8-16(12)6-10-7-18-11(14-10)9-4-2-3-5-9/h7-9H,2-6H2,1H3/t19-/m1/s1. The Morgan fingerprint density at radius 2 is 2.26 bits per heavy atom. The van der Waals surface area contributed by atoms with Gasteiger partial charge in [-0.15, -0.1) is 21.5 Å². The van der Waals surface area contributed by atoms with Crippen molar-refractivity contribution in [2.75, 3.05) is 6.26 Å². The van der Waals surface area contributed by atoms with Crippen LogP contribution in [0.4, 0.5) is 0 Å². The molecule has 5 nitrogen and oxygen atoms in total. The largest absolute Gasteiger partial charge is 0.300 e. The van der Waals surface area contributed by atoms with Crippen LogP contribution in [0.2, 0.25) is 0 Å². The number of rotatable bonds is 4. The first-order chi connectivity index (χ1) is 9.24. The summed E-state index contributed by atoms with van der Waals surface area (Å²) < 4.78 is 13.3. The van der Waals surface area contributed by atoms with Crippen molar-refractivity contribution in [2.45, 2.75) is 43.3 Å². The second kappa shape index (κ2) is 5.50. The van der Waals surface area contributed by atoms with E-state index < -0.39 is 10.8 Å². The van der Waals surface area contributed by atoms with Crippen LogP contribution in [-0.2, 0) is 17.3 Å². The van der Waals surface area contributed by atoms with Gasteiger partial charge in [-0.05, 0) is 12.8 Å². The zero-order valence-electron chi connectivity index (χ0n) is 10.8. The van der Waals surface area contributed by atoms with Crippen LogP contribution in [0, 0.1) is 0 Å². The van der Waals surface area contributed by atoms with Gasteiger partial charge in [-0.1, -0.05) is 12.8 Å². The molecule has 0 spiro atoms. The third kappa shape index (κ3) is 2.76. The average molecular weight is 296 g/mol. The van der Waals surface area contributed by atoms with Crippen molar-refractivity contribution >= 4 is 22.1 Å². The lowest BCUT2D eigenvalue weighted by molar-refractivity contribution is 0.646. The van der Waals surface area contributed by atoms with Crippen LogP contribution >= 0.6 is 11.3 Å². The summed E-state index contributed by atoms with van der Waals surface area (Å²) in [6.45, 7) is 0.602. The summed E-state index contributed by atoms with van der Waals surface area (Å²) in [6.07, 6.45) is 8.42. The van der Waals surface area contributed by atoms with E-state index >= 15 is 0 Å². The predicted molar refractivity (Wildman–Crippen MR) is 74.8 cm³/mol. The fourth-order valence-corrected chi connectivity index (χ4v) is 4.09. The fraction of sp³-hybridized carbons (Fsp3) is 0.583. The molecule has 2 aromatic rings. The Labute approximate surface area is 118 Å². The van der Waals surface area contributed by atoms with E-state index in [1.54, 1.807) is 23.9 Å². The molecule has 1 atom stereocenters. The van der Waals surface area contributed by atoms with E-state index in [-0.39, 0.29) is 0 Å². The maximum Gasteiger partial charge on any atom is 0.221 e. The van der Waals surface area contributed by atoms with Gasteiger partial charge in [0.25, 0.3) is 0 Å². The van der Waals surface area contributed by atoms with Crippen LogP contribution in [0.1, 0.15) is 42.3 Å². The van der Waals surface area contributed by atoms with E-state index in [0.717, 1.165) is 5.69 Å². The molecule has 0 aromatic carbocycles. The highest BCUT2D eigenvalue weighted by atomic mass is 32.2. The van der Waals surface area contributed by atoms with Crippen molar-refractivity contribution in [3.63, 3.8) is 0 Å². The molecule has 1 aliphatic carbocycles. The second-order valence-electron chi connectivity index (χ2n) is 4.85. The highest BCUT2D eigenvalue weighted by Crippen LogP contribution is 2.35. The summed E-state index contributed by atoms with van der Waals surface area (Å²) in [5.41, 5.74) is 1.01. The van der Waals surface area contributed by atoms with Crippen LogP contribution in [0.15, 0.2) is 16.9 Å². The third-order valence-electron chi connectivity index (χ3n) is 3.44. The molecule has 1 fully saturated rings. The zero-order chi connectivity index (χ0) is 13.2. The van der Waals surface area contributed by atoms with Crippen LogP contribution in [0.3, 0.4) is 0 Å². The van der Waals surface area contributed by atoms with Crippen LogP contribution in [-0.4, -0.2) is 30.2 Å². The minimum Gasteiger partial charge on any atom is -0.300 e. The lowest BCUT2D eigenvalue weighted by Gasteiger charge is -2.04. The highest BCUT2D eigenvalue weighted by Gasteiger charge is 2.20. The molecule has 0 radical (unpaired) electrons. The Bertz CT molecular complexity index is 586. The second-order valence-corrected chi connectivity index (χ2v) is 7.02. The highest BCUT2D eigenvalue weighted by molar-refractivity contribution is 7.84. The van der Waals surface area contributed by atoms with Gasteiger partial charge in [-0.25, -0.2) is 4.98 Å². The molecule has 0 aliphatic heterocycles. The van der Waals surface area contributed by atoms with E-state index in [9.17, 15) is 4.21 Å². The van der Waals surface area contributed by atoms with Crippen molar-refractivity contribution in [1.29, 1.82) is 0 Å². The van der Waals surface area contributed by atoms with Gasteiger partial charge in [0.2, 0.25) is 5.16 Å². The first-order valence-electron chi connectivity index (χ1n) is 6.39. The number of nitrogens with zero attached hydrogens (tertiary/aromatic N) is 4. The first kappa shape index (κ1) is 12.9. The van der Waals surface area contributed by atoms with Crippen molar-refractivity contribution in [3.05, 3.63) is 22.4 Å². The van der Waals surface area contributed by atoms with Crippen LogP contribution in [0.5, 0.6) is 0 Å². The molecule has 2 heterocycles. The van der Waals surface area contributed by atoms with Crippen molar-refractivity contribution in [1.82, 2.24) is 19.7 Å². The first-order valence-corrected chi connectivity index (χ1v) is 8.83. The van der Waals surface area contributed by atoms with Gasteiger partial charge in [0, 0.05) is 17.6 Å². The molecule has 0 amide bonds. The SMILES string of the molecule is C[S@@](=O)c1nncn1Cc1csc(C2CCCC2)n1. The van der Waals surface area contributed by atoms with Crippen molar-refractivity contribution < 1.29 is 4.21 Å². The number of hydrogen-bond donors (Lipinski definition) is 0. The summed E-state index contributed by atoms with van der Waals surface area (Å²) in [4.78, 5) is 4.71. The number of thiazole rings is 1. The molecule has 0 unspecified atom stereocenters. The molecule has 3 rings (SSSR count). The molecule has 19 heavy (non-hydrogen) atoms. The van der Waals surface area contributed by atoms with Crippen molar-refractivity contribution in [3.8, 4) is 0 Å². The van der Waals surface area contributed by atoms with Gasteiger partial charge in [0.15, 0.2) is 0 Å². The van der Waals surface area contributed by atoms with Gasteiger partial charge in [0.05, 0.1) is 28.0 Å². The topological polar surface area (TPSA) is 60.7 Å². The zero-order valence-corrected chi connectivity index (χ0v) is 12.4. The lowest BCUT2D eigenvalue weighted by atomic mass is 10.1. The molecule has 1 saturated carbocycles. The molecular formula is C12H16N4OS2. The molecule has 7 heteroatoms. The summed E-state index contributed by atoms with van der Waals surface area (Å²) in [6, 6.07) is 0. The number of hydrogen-bond acceptors (Lipinski definition) is 5. The Kier molecular flexibility index (Phi) is 3.74. The van der Waals surface area contributed by atoms with Crippen molar-refractivity contribution in [2.24, 2.45) is 0 Å². The fourth-order valence-electron chi connectivity index (χ4n) is 2.51. The molecule has 2 aromatic heterocycles. The van der Waals surface area contributed by atoms with E-state index in [1.165, 1.54) is 30.7 Å². The summed E-state index contributed by atoms with van der Waals surface area (Å²) in [7, 11) is -1.11. The van der Waals surface area contributed by atoms with Gasteiger partial charge < -0.3 is 4.57 Å². The molecule has 102 valence electrons. The summed E-state index contributed by atoms with van der Waals surface area (Å²) in [5, 5.41) is 11.6. The Morgan fingerprint density at radius 1 is 1.47 bits per heavy atom. The van der Waals surface area contributed by atoms with E-state index in [0.29, 0.717) is 17.6 Å². The van der Waals surface area contributed by atoms with Crippen LogP contribution < -0.4 is 0 Å². The monoisotopic (exact) mass is 296 g/mol. The Hall–Kier alpha value is -1.08. The molecular weight excluding hydrogens is 280 g/mol. The van der Waals surface area contributed by atoms with E-state index in [1.807, 2.05) is 4.57 Å². The normalized spacial score (nSPS) is 17.9. The van der Waals surface area contributed by atoms with Gasteiger partial charge in [0.1, 0.15) is 6.33 Å². The predicted octanol–water partition coefficient (Wildman–Crippen LogP) is 2.18. The van der Waals surface area contributed by atoms with Crippen LogP contribution in [0.25, 0.3) is 0 Å². The lowest BCUT2D eigenvalue weighted by Crippen LogP contribution is -2.06. The summed E-state index contributed by atoms with van der Waals surface area (Å²) >= 11 is 1.74. The molecule has 0 bridgehead atoms. The Balaban J connectivity index is 1.76. The van der Waals surface area contributed by atoms with Gasteiger partial charge in [-0.2, -0.15) is 0 Å². The minimum absolute atomic E-state index is 0.510. The van der Waals surface area contributed by atoms with E-state index in [4.69, 9.17) is 4.98 Å². The quantitative estimate of drug-likeness (QED) is 0.867. The van der Waals surface area contributed by atoms with E-state index in [2.05, 4.69) is 15.6 Å². The molecule has 0 saturated heterocycles. The smallest absolute Gasteiger partial charge is 0.221 e. The molecule has 0 N–H and O–H groups in total. The van der Waals surface area contributed by atoms with Gasteiger partial charge >= 0.3 is 0 Å².